The van der Waals surface area contributed by atoms with Crippen LogP contribution in [-0.2, 0) is 6.42 Å². The molecular weight excluding hydrogens is 316 g/mol. The number of aromatic amines is 1. The van der Waals surface area contributed by atoms with Crippen molar-refractivity contribution in [1.29, 1.82) is 0 Å². The molecule has 4 nitrogen and oxygen atoms in total. The third kappa shape index (κ3) is 3.76. The highest BCUT2D eigenvalue weighted by Gasteiger charge is 2.06. The van der Waals surface area contributed by atoms with Crippen molar-refractivity contribution in [3.05, 3.63) is 34.4 Å². The Bertz CT molecular complexity index is 601. The van der Waals surface area contributed by atoms with Crippen molar-refractivity contribution in [3.8, 4) is 0 Å². The lowest BCUT2D eigenvalue weighted by Crippen LogP contribution is -2.33. The maximum atomic E-state index is 5.83. The van der Waals surface area contributed by atoms with Crippen LogP contribution in [0.4, 0.5) is 0 Å². The van der Waals surface area contributed by atoms with E-state index in [9.17, 15) is 0 Å². The molecule has 1 aromatic carbocycles. The largest absolute Gasteiger partial charge is 0.370 e. The summed E-state index contributed by atoms with van der Waals surface area (Å²) in [6.45, 7) is 5.79. The highest BCUT2D eigenvalue weighted by Crippen LogP contribution is 2.26. The summed E-state index contributed by atoms with van der Waals surface area (Å²) < 4.78 is 1.12. The number of halogens is 1. The number of aliphatic imine (C=N–C) groups is 1. The van der Waals surface area contributed by atoms with E-state index in [0.29, 0.717) is 11.9 Å². The Labute approximate surface area is 128 Å². The fourth-order valence-electron chi connectivity index (χ4n) is 2.07. The zero-order valence-corrected chi connectivity index (χ0v) is 13.5. The van der Waals surface area contributed by atoms with Gasteiger partial charge in [0.2, 0.25) is 0 Å². The lowest BCUT2D eigenvalue weighted by molar-refractivity contribution is 0.661. The summed E-state index contributed by atoms with van der Waals surface area (Å²) in [5.74, 6) is 1.05. The second kappa shape index (κ2) is 6.79. The molecular formula is C15H21BrN4. The Kier molecular flexibility index (Phi) is 5.06. The highest BCUT2D eigenvalue weighted by atomic mass is 79.9. The van der Waals surface area contributed by atoms with Crippen LogP contribution in [0.3, 0.4) is 0 Å². The minimum absolute atomic E-state index is 0.526. The van der Waals surface area contributed by atoms with Crippen LogP contribution < -0.4 is 11.1 Å². The van der Waals surface area contributed by atoms with Crippen molar-refractivity contribution in [2.75, 3.05) is 13.1 Å². The van der Waals surface area contributed by atoms with Crippen LogP contribution in [0.1, 0.15) is 19.4 Å². The fraction of sp³-hybridized carbons (Fsp3) is 0.400. The number of nitrogens with zero attached hydrogens (tertiary/aromatic N) is 1. The number of nitrogens with one attached hydrogen (secondary N) is 2. The number of hydrogen-bond acceptors (Lipinski definition) is 1. The van der Waals surface area contributed by atoms with Crippen LogP contribution >= 0.6 is 15.9 Å². The van der Waals surface area contributed by atoms with E-state index in [4.69, 9.17) is 5.73 Å². The molecule has 2 rings (SSSR count). The van der Waals surface area contributed by atoms with Gasteiger partial charge in [-0.05, 0) is 30.0 Å². The Morgan fingerprint density at radius 2 is 2.25 bits per heavy atom. The second-order valence-electron chi connectivity index (χ2n) is 5.27. The van der Waals surface area contributed by atoms with Gasteiger partial charge < -0.3 is 16.0 Å². The van der Waals surface area contributed by atoms with Gasteiger partial charge in [0.15, 0.2) is 5.96 Å². The molecule has 0 radical (unpaired) electrons. The summed E-state index contributed by atoms with van der Waals surface area (Å²) in [5.41, 5.74) is 8.25. The van der Waals surface area contributed by atoms with Gasteiger partial charge >= 0.3 is 0 Å². The second-order valence-corrected chi connectivity index (χ2v) is 6.13. The van der Waals surface area contributed by atoms with Crippen molar-refractivity contribution in [1.82, 2.24) is 10.3 Å². The molecule has 0 unspecified atom stereocenters. The van der Waals surface area contributed by atoms with Gasteiger partial charge in [-0.2, -0.15) is 0 Å². The van der Waals surface area contributed by atoms with E-state index in [1.807, 2.05) is 6.07 Å². The number of nitrogens with two attached hydrogens (primary N) is 1. The highest BCUT2D eigenvalue weighted by molar-refractivity contribution is 9.10. The van der Waals surface area contributed by atoms with E-state index in [1.54, 1.807) is 0 Å². The molecule has 0 amide bonds. The molecule has 0 saturated heterocycles. The predicted molar refractivity (Wildman–Crippen MR) is 89.0 cm³/mol. The first-order chi connectivity index (χ1) is 9.58. The Hall–Kier alpha value is -1.49. The average molecular weight is 337 g/mol. The van der Waals surface area contributed by atoms with Crippen LogP contribution in [0.15, 0.2) is 33.9 Å². The number of aromatic nitrogens is 1. The lowest BCUT2D eigenvalue weighted by atomic mass is 10.1. The van der Waals surface area contributed by atoms with E-state index in [2.05, 4.69) is 63.4 Å². The van der Waals surface area contributed by atoms with Gasteiger partial charge in [0, 0.05) is 34.7 Å². The molecule has 1 heterocycles. The van der Waals surface area contributed by atoms with E-state index in [-0.39, 0.29) is 0 Å². The normalized spacial score (nSPS) is 12.3. The molecule has 2 aromatic rings. The first-order valence-electron chi connectivity index (χ1n) is 6.86. The van der Waals surface area contributed by atoms with Gasteiger partial charge in [0.25, 0.3) is 0 Å². The predicted octanol–water partition coefficient (Wildman–Crippen LogP) is 3.03. The lowest BCUT2D eigenvalue weighted by Gasteiger charge is -2.06. The fourth-order valence-corrected chi connectivity index (χ4v) is 2.69. The quantitative estimate of drug-likeness (QED) is 0.580. The standard InChI is InChI=1S/C15H21BrN4/c1-10(2)8-20-15(17)18-7-6-11-9-19-13-5-3-4-12(16)14(11)13/h3-5,9-10,19H,6-8H2,1-2H3,(H3,17,18,20). The Morgan fingerprint density at radius 3 is 3.00 bits per heavy atom. The summed E-state index contributed by atoms with van der Waals surface area (Å²) in [5, 5.41) is 4.40. The number of fused-ring (bicyclic) bond motifs is 1. The van der Waals surface area contributed by atoms with E-state index < -0.39 is 0 Å². The summed E-state index contributed by atoms with van der Waals surface area (Å²) in [6.07, 6.45) is 2.96. The molecule has 20 heavy (non-hydrogen) atoms. The summed E-state index contributed by atoms with van der Waals surface area (Å²) in [7, 11) is 0. The molecule has 0 aliphatic carbocycles. The first kappa shape index (κ1) is 14.9. The number of hydrogen-bond donors (Lipinski definition) is 3. The first-order valence-corrected chi connectivity index (χ1v) is 7.65. The number of H-pyrrole nitrogens is 1. The molecule has 108 valence electrons. The summed E-state index contributed by atoms with van der Waals surface area (Å²) in [6, 6.07) is 6.17. The van der Waals surface area contributed by atoms with E-state index in [0.717, 1.165) is 29.5 Å². The molecule has 0 spiro atoms. The van der Waals surface area contributed by atoms with Gasteiger partial charge in [0.1, 0.15) is 0 Å². The zero-order chi connectivity index (χ0) is 14.5. The zero-order valence-electron chi connectivity index (χ0n) is 11.9. The van der Waals surface area contributed by atoms with Crippen molar-refractivity contribution < 1.29 is 0 Å². The average Bonchev–Trinajstić information content (AvgIpc) is 2.81. The van der Waals surface area contributed by atoms with Crippen LogP contribution in [0.25, 0.3) is 10.9 Å². The van der Waals surface area contributed by atoms with Crippen molar-refractivity contribution in [2.45, 2.75) is 20.3 Å². The Morgan fingerprint density at radius 1 is 1.45 bits per heavy atom. The minimum atomic E-state index is 0.526. The molecule has 4 N–H and O–H groups in total. The van der Waals surface area contributed by atoms with Gasteiger partial charge in [-0.15, -0.1) is 0 Å². The molecule has 0 fully saturated rings. The number of guanidine groups is 1. The van der Waals surface area contributed by atoms with Crippen LogP contribution in [-0.4, -0.2) is 24.0 Å². The number of rotatable bonds is 5. The van der Waals surface area contributed by atoms with Crippen LogP contribution in [0.5, 0.6) is 0 Å². The summed E-state index contributed by atoms with van der Waals surface area (Å²) >= 11 is 3.60. The molecule has 5 heteroatoms. The minimum Gasteiger partial charge on any atom is -0.370 e. The molecule has 1 aromatic heterocycles. The monoisotopic (exact) mass is 336 g/mol. The molecule has 0 aliphatic heterocycles. The van der Waals surface area contributed by atoms with Crippen molar-refractivity contribution >= 4 is 32.8 Å². The van der Waals surface area contributed by atoms with E-state index in [1.165, 1.54) is 10.9 Å². The number of benzene rings is 1. The summed E-state index contributed by atoms with van der Waals surface area (Å²) in [4.78, 5) is 7.58. The van der Waals surface area contributed by atoms with Gasteiger partial charge in [-0.3, -0.25) is 4.99 Å². The maximum Gasteiger partial charge on any atom is 0.188 e. The topological polar surface area (TPSA) is 66.2 Å². The smallest absolute Gasteiger partial charge is 0.188 e. The molecule has 0 atom stereocenters. The van der Waals surface area contributed by atoms with Crippen LogP contribution in [0.2, 0.25) is 0 Å². The van der Waals surface area contributed by atoms with Crippen LogP contribution in [0, 0.1) is 5.92 Å². The molecule has 0 bridgehead atoms. The van der Waals surface area contributed by atoms with Crippen molar-refractivity contribution in [2.24, 2.45) is 16.6 Å². The Balaban J connectivity index is 1.95. The third-order valence-electron chi connectivity index (χ3n) is 3.06. The van der Waals surface area contributed by atoms with E-state index >= 15 is 0 Å². The maximum absolute atomic E-state index is 5.83. The van der Waals surface area contributed by atoms with Gasteiger partial charge in [-0.1, -0.05) is 35.8 Å². The third-order valence-corrected chi connectivity index (χ3v) is 3.72. The van der Waals surface area contributed by atoms with Crippen molar-refractivity contribution in [3.63, 3.8) is 0 Å². The molecule has 0 aliphatic rings. The van der Waals surface area contributed by atoms with Gasteiger partial charge in [-0.25, -0.2) is 0 Å². The SMILES string of the molecule is CC(C)CN=C(N)NCCc1c[nH]c2cccc(Br)c12. The molecule has 0 saturated carbocycles. The van der Waals surface area contributed by atoms with Gasteiger partial charge in [0.05, 0.1) is 0 Å².